The molecule has 3 heteroatoms. The average Bonchev–Trinajstić information content (AvgIpc) is 1.83. The molecule has 0 fully saturated rings. The first-order chi connectivity index (χ1) is 4.16. The number of aliphatic hydroxyl groups is 1. The fourth-order valence-electron chi connectivity index (χ4n) is 0.241. The van der Waals surface area contributed by atoms with Gasteiger partial charge in [0.2, 0.25) is 6.29 Å². The molecule has 0 aromatic rings. The lowest BCUT2D eigenvalue weighted by Gasteiger charge is -2.03. The molecule has 1 N–H and O–H groups in total. The van der Waals surface area contributed by atoms with Crippen molar-refractivity contribution in [2.45, 2.75) is 33.5 Å². The minimum Gasteiger partial charge on any atom is -0.364 e. The highest BCUT2D eigenvalue weighted by atomic mass is 16.7. The molecule has 0 rings (SSSR count). The summed E-state index contributed by atoms with van der Waals surface area (Å²) in [5.74, 6) is 0. The first-order valence-corrected chi connectivity index (χ1v) is 3.02. The number of nitrogens with zero attached hydrogens (tertiary/aromatic N) is 1. The van der Waals surface area contributed by atoms with Gasteiger partial charge in [0.25, 0.3) is 0 Å². The monoisotopic (exact) mass is 131 g/mol. The summed E-state index contributed by atoms with van der Waals surface area (Å²) in [5, 5.41) is 12.3. The van der Waals surface area contributed by atoms with Crippen LogP contribution < -0.4 is 0 Å². The number of hydrogen-bond acceptors (Lipinski definition) is 3. The highest BCUT2D eigenvalue weighted by Gasteiger charge is 1.96. The molecule has 0 saturated carbocycles. The van der Waals surface area contributed by atoms with Crippen LogP contribution in [0.2, 0.25) is 0 Å². The van der Waals surface area contributed by atoms with Crippen LogP contribution in [0.15, 0.2) is 5.16 Å². The van der Waals surface area contributed by atoms with Crippen molar-refractivity contribution in [3.8, 4) is 0 Å². The fraction of sp³-hybridized carbons (Fsp3) is 0.833. The van der Waals surface area contributed by atoms with Gasteiger partial charge in [-0.1, -0.05) is 12.1 Å². The van der Waals surface area contributed by atoms with Crippen molar-refractivity contribution >= 4 is 5.71 Å². The van der Waals surface area contributed by atoms with Crippen molar-refractivity contribution in [2.75, 3.05) is 0 Å². The molecule has 0 aliphatic rings. The van der Waals surface area contributed by atoms with E-state index in [-0.39, 0.29) is 0 Å². The molecule has 0 aromatic carbocycles. The molecular weight excluding hydrogens is 118 g/mol. The largest absolute Gasteiger partial charge is 0.364 e. The fourth-order valence-corrected chi connectivity index (χ4v) is 0.241. The number of hydrogen-bond donors (Lipinski definition) is 1. The van der Waals surface area contributed by atoms with Crippen LogP contribution in [0, 0.1) is 0 Å². The van der Waals surface area contributed by atoms with Gasteiger partial charge in [-0.05, 0) is 13.8 Å². The molecule has 1 atom stereocenters. The summed E-state index contributed by atoms with van der Waals surface area (Å²) in [6.07, 6.45) is -0.184. The van der Waals surface area contributed by atoms with Crippen LogP contribution in [0.4, 0.5) is 0 Å². The molecule has 0 saturated heterocycles. The third-order valence-electron chi connectivity index (χ3n) is 0.706. The Balaban J connectivity index is 3.37. The van der Waals surface area contributed by atoms with Crippen LogP contribution in [0.25, 0.3) is 0 Å². The molecule has 0 aliphatic carbocycles. The molecular formula is C6H13NO2. The van der Waals surface area contributed by atoms with E-state index in [1.54, 1.807) is 0 Å². The Labute approximate surface area is 55.3 Å². The average molecular weight is 131 g/mol. The molecule has 0 bridgehead atoms. The second-order valence-corrected chi connectivity index (χ2v) is 2.01. The van der Waals surface area contributed by atoms with E-state index in [9.17, 15) is 0 Å². The van der Waals surface area contributed by atoms with E-state index in [0.717, 1.165) is 5.71 Å². The van der Waals surface area contributed by atoms with E-state index in [0.29, 0.717) is 6.42 Å². The van der Waals surface area contributed by atoms with Gasteiger partial charge in [0.1, 0.15) is 0 Å². The minimum atomic E-state index is -0.750. The maximum atomic E-state index is 8.78. The molecule has 3 nitrogen and oxygen atoms in total. The standard InChI is InChI=1S/C6H13NO2/c1-4-6(8)9-7-5(2)3/h6,8H,4H2,1-3H3. The first kappa shape index (κ1) is 8.43. The van der Waals surface area contributed by atoms with Gasteiger partial charge in [0, 0.05) is 6.42 Å². The molecule has 0 heterocycles. The Morgan fingerprint density at radius 2 is 2.22 bits per heavy atom. The van der Waals surface area contributed by atoms with E-state index in [4.69, 9.17) is 5.11 Å². The van der Waals surface area contributed by atoms with Crippen molar-refractivity contribution in [2.24, 2.45) is 5.16 Å². The number of rotatable bonds is 3. The third kappa shape index (κ3) is 5.30. The lowest BCUT2D eigenvalue weighted by atomic mass is 10.5. The number of aliphatic hydroxyl groups excluding tert-OH is 1. The normalized spacial score (nSPS) is 12.4. The second kappa shape index (κ2) is 4.32. The molecule has 9 heavy (non-hydrogen) atoms. The van der Waals surface area contributed by atoms with Gasteiger partial charge in [-0.2, -0.15) is 0 Å². The summed E-state index contributed by atoms with van der Waals surface area (Å²) in [6, 6.07) is 0. The molecule has 54 valence electrons. The second-order valence-electron chi connectivity index (χ2n) is 2.01. The maximum absolute atomic E-state index is 8.78. The highest BCUT2D eigenvalue weighted by Crippen LogP contribution is 1.92. The van der Waals surface area contributed by atoms with Crippen LogP contribution in [-0.4, -0.2) is 17.1 Å². The Hall–Kier alpha value is -0.570. The molecule has 0 spiro atoms. The van der Waals surface area contributed by atoms with Crippen LogP contribution in [0.5, 0.6) is 0 Å². The Bertz CT molecular complexity index is 97.2. The molecule has 0 radical (unpaired) electrons. The summed E-state index contributed by atoms with van der Waals surface area (Å²) < 4.78 is 0. The molecule has 0 aromatic heterocycles. The first-order valence-electron chi connectivity index (χ1n) is 3.02. The van der Waals surface area contributed by atoms with Crippen molar-refractivity contribution in [1.29, 1.82) is 0 Å². The Morgan fingerprint density at radius 3 is 2.56 bits per heavy atom. The van der Waals surface area contributed by atoms with Crippen molar-refractivity contribution in [1.82, 2.24) is 0 Å². The van der Waals surface area contributed by atoms with E-state index in [1.165, 1.54) is 0 Å². The van der Waals surface area contributed by atoms with E-state index < -0.39 is 6.29 Å². The van der Waals surface area contributed by atoms with Gasteiger partial charge in [0.05, 0.1) is 5.71 Å². The van der Waals surface area contributed by atoms with Gasteiger partial charge in [-0.3, -0.25) is 0 Å². The summed E-state index contributed by atoms with van der Waals surface area (Å²) in [6.45, 7) is 5.44. The van der Waals surface area contributed by atoms with Crippen LogP contribution in [0.3, 0.4) is 0 Å². The Kier molecular flexibility index (Phi) is 4.05. The lowest BCUT2D eigenvalue weighted by Crippen LogP contribution is -2.06. The number of oxime groups is 1. The van der Waals surface area contributed by atoms with Gasteiger partial charge >= 0.3 is 0 Å². The zero-order valence-electron chi connectivity index (χ0n) is 6.09. The summed E-state index contributed by atoms with van der Waals surface area (Å²) >= 11 is 0. The highest BCUT2D eigenvalue weighted by molar-refractivity contribution is 5.78. The SMILES string of the molecule is CCC(O)ON=C(C)C. The van der Waals surface area contributed by atoms with Gasteiger partial charge in [-0.15, -0.1) is 0 Å². The van der Waals surface area contributed by atoms with E-state index >= 15 is 0 Å². The van der Waals surface area contributed by atoms with E-state index in [2.05, 4.69) is 9.99 Å². The van der Waals surface area contributed by atoms with Crippen molar-refractivity contribution in [3.05, 3.63) is 0 Å². The lowest BCUT2D eigenvalue weighted by molar-refractivity contribution is -0.0990. The van der Waals surface area contributed by atoms with Crippen LogP contribution in [0.1, 0.15) is 27.2 Å². The quantitative estimate of drug-likeness (QED) is 0.354. The third-order valence-corrected chi connectivity index (χ3v) is 0.706. The van der Waals surface area contributed by atoms with Crippen molar-refractivity contribution in [3.63, 3.8) is 0 Å². The molecule has 0 amide bonds. The van der Waals surface area contributed by atoms with Gasteiger partial charge in [0.15, 0.2) is 0 Å². The van der Waals surface area contributed by atoms with Crippen LogP contribution >= 0.6 is 0 Å². The summed E-state index contributed by atoms with van der Waals surface area (Å²) in [7, 11) is 0. The van der Waals surface area contributed by atoms with Gasteiger partial charge in [-0.25, -0.2) is 0 Å². The topological polar surface area (TPSA) is 41.8 Å². The van der Waals surface area contributed by atoms with E-state index in [1.807, 2.05) is 20.8 Å². The maximum Gasteiger partial charge on any atom is 0.224 e. The zero-order chi connectivity index (χ0) is 7.28. The van der Waals surface area contributed by atoms with Gasteiger partial charge < -0.3 is 9.94 Å². The predicted octanol–water partition coefficient (Wildman–Crippen LogP) is 1.13. The molecule has 1 unspecified atom stereocenters. The summed E-state index contributed by atoms with van der Waals surface area (Å²) in [4.78, 5) is 4.60. The molecule has 0 aliphatic heterocycles. The Morgan fingerprint density at radius 1 is 1.67 bits per heavy atom. The minimum absolute atomic E-state index is 0.566. The predicted molar refractivity (Wildman–Crippen MR) is 36.2 cm³/mol. The zero-order valence-corrected chi connectivity index (χ0v) is 6.09. The van der Waals surface area contributed by atoms with Crippen LogP contribution in [-0.2, 0) is 4.84 Å². The summed E-state index contributed by atoms with van der Waals surface area (Å²) in [5.41, 5.74) is 0.808. The van der Waals surface area contributed by atoms with Crippen molar-refractivity contribution < 1.29 is 9.94 Å². The smallest absolute Gasteiger partial charge is 0.224 e.